The molecule has 1 heterocycles. The van der Waals surface area contributed by atoms with Crippen molar-refractivity contribution in [3.63, 3.8) is 0 Å². The van der Waals surface area contributed by atoms with Crippen molar-refractivity contribution < 1.29 is 0 Å². The number of anilines is 1. The Labute approximate surface area is 176 Å². The largest absolute Gasteiger partial charge is 0.372 e. The fourth-order valence-electron chi connectivity index (χ4n) is 6.25. The van der Waals surface area contributed by atoms with Crippen molar-refractivity contribution >= 4 is 5.69 Å². The molecule has 0 spiro atoms. The minimum absolute atomic E-state index is 0.383. The molecule has 1 aliphatic heterocycles. The number of para-hydroxylation sites is 1. The van der Waals surface area contributed by atoms with Gasteiger partial charge in [-0.15, -0.1) is 0 Å². The van der Waals surface area contributed by atoms with Gasteiger partial charge in [-0.1, -0.05) is 18.2 Å². The number of benzene rings is 1. The first kappa shape index (κ1) is 20.0. The van der Waals surface area contributed by atoms with E-state index >= 15 is 0 Å². The number of rotatable bonds is 3. The highest BCUT2D eigenvalue weighted by molar-refractivity contribution is 5.46. The first-order chi connectivity index (χ1) is 14.3. The lowest BCUT2D eigenvalue weighted by Crippen LogP contribution is -2.37. The molecule has 0 N–H and O–H groups in total. The topological polar surface area (TPSA) is 50.8 Å². The molecule has 0 aromatic heterocycles. The molecule has 3 aliphatic rings. The molecule has 0 bridgehead atoms. The smallest absolute Gasteiger partial charge is 0.128 e. The molecular weight excluding hydrogens is 354 g/mol. The summed E-state index contributed by atoms with van der Waals surface area (Å²) in [7, 11) is 0. The van der Waals surface area contributed by atoms with Gasteiger partial charge in [-0.05, 0) is 106 Å². The quantitative estimate of drug-likeness (QED) is 0.577. The Hall–Kier alpha value is -2.26. The molecule has 2 aliphatic carbocycles. The van der Waals surface area contributed by atoms with Crippen molar-refractivity contribution in [1.82, 2.24) is 0 Å². The van der Waals surface area contributed by atoms with E-state index in [0.29, 0.717) is 5.57 Å². The molecule has 3 nitrogen and oxygen atoms in total. The monoisotopic (exact) mass is 387 g/mol. The van der Waals surface area contributed by atoms with Crippen LogP contribution < -0.4 is 4.90 Å². The predicted octanol–water partition coefficient (Wildman–Crippen LogP) is 6.24. The van der Waals surface area contributed by atoms with E-state index in [9.17, 15) is 0 Å². The summed E-state index contributed by atoms with van der Waals surface area (Å²) in [5.41, 5.74) is 2.88. The Morgan fingerprint density at radius 3 is 1.69 bits per heavy atom. The zero-order valence-electron chi connectivity index (χ0n) is 17.5. The molecule has 0 unspecified atom stereocenters. The molecule has 1 saturated heterocycles. The molecule has 1 aromatic rings. The Balaban J connectivity index is 1.22. The number of piperidine rings is 1. The molecule has 2 saturated carbocycles. The van der Waals surface area contributed by atoms with Crippen LogP contribution in [-0.4, -0.2) is 13.1 Å². The van der Waals surface area contributed by atoms with E-state index in [1.165, 1.54) is 70.1 Å². The third-order valence-electron chi connectivity index (χ3n) is 8.02. The van der Waals surface area contributed by atoms with E-state index < -0.39 is 0 Å². The Morgan fingerprint density at radius 1 is 0.690 bits per heavy atom. The summed E-state index contributed by atoms with van der Waals surface area (Å²) < 4.78 is 0. The van der Waals surface area contributed by atoms with Crippen molar-refractivity contribution in [2.45, 2.75) is 64.2 Å². The molecule has 3 fully saturated rings. The highest BCUT2D eigenvalue weighted by Crippen LogP contribution is 2.44. The Kier molecular flexibility index (Phi) is 6.56. The third kappa shape index (κ3) is 4.67. The molecule has 152 valence electrons. The summed E-state index contributed by atoms with van der Waals surface area (Å²) in [5, 5.41) is 18.2. The lowest BCUT2D eigenvalue weighted by atomic mass is 9.67. The molecule has 0 radical (unpaired) electrons. The van der Waals surface area contributed by atoms with Gasteiger partial charge >= 0.3 is 0 Å². The maximum atomic E-state index is 9.09. The maximum Gasteiger partial charge on any atom is 0.128 e. The molecule has 4 rings (SSSR count). The van der Waals surface area contributed by atoms with Gasteiger partial charge in [0.05, 0.1) is 0 Å². The summed E-state index contributed by atoms with van der Waals surface area (Å²) in [5.74, 6) is 3.56. The van der Waals surface area contributed by atoms with E-state index in [-0.39, 0.29) is 0 Å². The van der Waals surface area contributed by atoms with Gasteiger partial charge in [-0.2, -0.15) is 10.5 Å². The van der Waals surface area contributed by atoms with Crippen molar-refractivity contribution in [2.24, 2.45) is 23.7 Å². The van der Waals surface area contributed by atoms with E-state index in [1.54, 1.807) is 0 Å². The van der Waals surface area contributed by atoms with Gasteiger partial charge in [0.25, 0.3) is 0 Å². The van der Waals surface area contributed by atoms with E-state index in [2.05, 4.69) is 47.4 Å². The van der Waals surface area contributed by atoms with Crippen molar-refractivity contribution in [1.29, 1.82) is 10.5 Å². The van der Waals surface area contributed by atoms with Gasteiger partial charge in [0, 0.05) is 18.8 Å². The summed E-state index contributed by atoms with van der Waals surface area (Å²) in [6, 6.07) is 15.1. The Bertz CT molecular complexity index is 755. The first-order valence-electron chi connectivity index (χ1n) is 11.6. The van der Waals surface area contributed by atoms with E-state index in [0.717, 1.165) is 42.1 Å². The molecule has 0 atom stereocenters. The maximum absolute atomic E-state index is 9.09. The van der Waals surface area contributed by atoms with E-state index in [4.69, 9.17) is 10.5 Å². The standard InChI is InChI=1S/C26H33N3/c27-18-25(19-28)23-12-10-21(11-13-23)20-6-8-22(9-7-20)24-14-16-29(17-15-24)26-4-2-1-3-5-26/h1-5,20-22,24H,6-17H2. The van der Waals surface area contributed by atoms with Crippen LogP contribution in [0.3, 0.4) is 0 Å². The molecule has 3 heteroatoms. The van der Waals surface area contributed by atoms with Crippen LogP contribution in [0.4, 0.5) is 5.69 Å². The normalized spacial score (nSPS) is 28.4. The van der Waals surface area contributed by atoms with Crippen LogP contribution in [0, 0.1) is 46.3 Å². The van der Waals surface area contributed by atoms with E-state index in [1.807, 2.05) is 0 Å². The van der Waals surface area contributed by atoms with Crippen molar-refractivity contribution in [3.8, 4) is 12.1 Å². The minimum atomic E-state index is 0.383. The molecule has 29 heavy (non-hydrogen) atoms. The highest BCUT2D eigenvalue weighted by Gasteiger charge is 2.34. The van der Waals surface area contributed by atoms with Crippen LogP contribution in [0.1, 0.15) is 64.2 Å². The SMILES string of the molecule is N#CC(C#N)=C1CCC(C2CCC(C3CCN(c4ccccc4)CC3)CC2)CC1. The summed E-state index contributed by atoms with van der Waals surface area (Å²) >= 11 is 0. The second kappa shape index (κ2) is 9.49. The lowest BCUT2D eigenvalue weighted by Gasteiger charge is -2.42. The Morgan fingerprint density at radius 2 is 1.17 bits per heavy atom. The average molecular weight is 388 g/mol. The van der Waals surface area contributed by atoms with Crippen molar-refractivity contribution in [2.75, 3.05) is 18.0 Å². The van der Waals surface area contributed by atoms with Crippen LogP contribution in [0.2, 0.25) is 0 Å². The number of hydrogen-bond donors (Lipinski definition) is 0. The highest BCUT2D eigenvalue weighted by atomic mass is 15.1. The van der Waals surface area contributed by atoms with Gasteiger partial charge < -0.3 is 4.90 Å². The van der Waals surface area contributed by atoms with Gasteiger partial charge in [0.2, 0.25) is 0 Å². The number of nitriles is 2. The fraction of sp³-hybridized carbons (Fsp3) is 0.615. The van der Waals surface area contributed by atoms with Crippen molar-refractivity contribution in [3.05, 3.63) is 41.5 Å². The fourth-order valence-corrected chi connectivity index (χ4v) is 6.25. The van der Waals surface area contributed by atoms with Crippen LogP contribution in [-0.2, 0) is 0 Å². The summed E-state index contributed by atoms with van der Waals surface area (Å²) in [6.07, 6.45) is 12.7. The zero-order chi connectivity index (χ0) is 20.1. The average Bonchev–Trinajstić information content (AvgIpc) is 2.81. The molecular formula is C26H33N3. The molecule has 0 amide bonds. The predicted molar refractivity (Wildman–Crippen MR) is 117 cm³/mol. The van der Waals surface area contributed by atoms with Gasteiger partial charge in [0.1, 0.15) is 17.7 Å². The number of hydrogen-bond acceptors (Lipinski definition) is 3. The second-order valence-electron chi connectivity index (χ2n) is 9.37. The van der Waals surface area contributed by atoms with Gasteiger partial charge in [0.15, 0.2) is 0 Å². The van der Waals surface area contributed by atoms with Crippen LogP contribution in [0.25, 0.3) is 0 Å². The first-order valence-corrected chi connectivity index (χ1v) is 11.6. The number of allylic oxidation sites excluding steroid dienone is 2. The number of nitrogens with zero attached hydrogens (tertiary/aromatic N) is 3. The minimum Gasteiger partial charge on any atom is -0.372 e. The summed E-state index contributed by atoms with van der Waals surface area (Å²) in [4.78, 5) is 2.56. The van der Waals surface area contributed by atoms with Gasteiger partial charge in [-0.3, -0.25) is 0 Å². The summed E-state index contributed by atoms with van der Waals surface area (Å²) in [6.45, 7) is 2.43. The van der Waals surface area contributed by atoms with Crippen LogP contribution >= 0.6 is 0 Å². The zero-order valence-corrected chi connectivity index (χ0v) is 17.5. The van der Waals surface area contributed by atoms with Gasteiger partial charge in [-0.25, -0.2) is 0 Å². The molecule has 1 aromatic carbocycles. The van der Waals surface area contributed by atoms with Crippen LogP contribution in [0.5, 0.6) is 0 Å². The van der Waals surface area contributed by atoms with Crippen LogP contribution in [0.15, 0.2) is 41.5 Å². The second-order valence-corrected chi connectivity index (χ2v) is 9.37. The third-order valence-corrected chi connectivity index (χ3v) is 8.02. The lowest BCUT2D eigenvalue weighted by molar-refractivity contribution is 0.135.